The predicted octanol–water partition coefficient (Wildman–Crippen LogP) is 2.32. The summed E-state index contributed by atoms with van der Waals surface area (Å²) < 4.78 is 10.3. The third-order valence-corrected chi connectivity index (χ3v) is 2.87. The van der Waals surface area contributed by atoms with E-state index in [-0.39, 0.29) is 11.3 Å². The van der Waals surface area contributed by atoms with E-state index in [4.69, 9.17) is 4.74 Å². The van der Waals surface area contributed by atoms with Crippen molar-refractivity contribution in [3.05, 3.63) is 29.3 Å². The van der Waals surface area contributed by atoms with Gasteiger partial charge in [0, 0.05) is 18.6 Å². The molecule has 0 atom stereocenters. The fourth-order valence-corrected chi connectivity index (χ4v) is 1.88. The highest BCUT2D eigenvalue weighted by Crippen LogP contribution is 2.35. The number of carbonyl (C=O) groups is 2. The fraction of sp³-hybridized carbons (Fsp3) is 0.333. The molecule has 0 saturated heterocycles. The number of phenols is 1. The average Bonchev–Trinajstić information content (AvgIpc) is 2.34. The van der Waals surface area contributed by atoms with E-state index >= 15 is 0 Å². The van der Waals surface area contributed by atoms with E-state index in [2.05, 4.69) is 4.74 Å². The van der Waals surface area contributed by atoms with Crippen LogP contribution < -0.4 is 4.74 Å². The number of rotatable bonds is 3. The molecule has 5 heteroatoms. The molecular formula is C15H16O5. The molecular weight excluding hydrogens is 260 g/mol. The van der Waals surface area contributed by atoms with Crippen molar-refractivity contribution in [1.82, 2.24) is 0 Å². The van der Waals surface area contributed by atoms with Crippen molar-refractivity contribution in [1.29, 1.82) is 0 Å². The Morgan fingerprint density at radius 2 is 2.05 bits per heavy atom. The summed E-state index contributed by atoms with van der Waals surface area (Å²) in [6, 6.07) is 2.93. The van der Waals surface area contributed by atoms with E-state index in [1.54, 1.807) is 0 Å². The maximum absolute atomic E-state index is 11.9. The summed E-state index contributed by atoms with van der Waals surface area (Å²) in [5.41, 5.74) is 0.356. The van der Waals surface area contributed by atoms with Crippen molar-refractivity contribution < 1.29 is 24.2 Å². The minimum atomic E-state index is -0.541. The summed E-state index contributed by atoms with van der Waals surface area (Å²) in [5.74, 6) is -0.675. The highest BCUT2D eigenvalue weighted by atomic mass is 16.5. The van der Waals surface area contributed by atoms with Gasteiger partial charge < -0.3 is 14.6 Å². The van der Waals surface area contributed by atoms with Gasteiger partial charge in [-0.2, -0.15) is 0 Å². The quantitative estimate of drug-likeness (QED) is 0.677. The Kier molecular flexibility index (Phi) is 3.53. The van der Waals surface area contributed by atoms with Crippen LogP contribution in [-0.2, 0) is 9.53 Å². The molecule has 1 aliphatic rings. The molecule has 0 fully saturated rings. The van der Waals surface area contributed by atoms with E-state index in [0.717, 1.165) is 0 Å². The van der Waals surface area contributed by atoms with Crippen LogP contribution in [0.15, 0.2) is 18.2 Å². The predicted molar refractivity (Wildman–Crippen MR) is 72.8 cm³/mol. The second kappa shape index (κ2) is 5.00. The first-order valence-electron chi connectivity index (χ1n) is 6.20. The van der Waals surface area contributed by atoms with Crippen LogP contribution in [0, 0.1) is 0 Å². The Balaban J connectivity index is 2.29. The van der Waals surface area contributed by atoms with Gasteiger partial charge in [0.1, 0.15) is 17.1 Å². The Hall–Kier alpha value is -2.30. The lowest BCUT2D eigenvalue weighted by Gasteiger charge is -2.28. The third kappa shape index (κ3) is 2.99. The van der Waals surface area contributed by atoms with Gasteiger partial charge in [-0.15, -0.1) is 0 Å². The first kappa shape index (κ1) is 14.1. The number of fused-ring (bicyclic) bond motifs is 1. The zero-order valence-electron chi connectivity index (χ0n) is 11.6. The maximum Gasteiger partial charge on any atom is 0.303 e. The van der Waals surface area contributed by atoms with Crippen molar-refractivity contribution in [2.24, 2.45) is 0 Å². The van der Waals surface area contributed by atoms with Crippen LogP contribution in [0.4, 0.5) is 0 Å². The number of Topliss-reactive ketones (excluding diaryl/α,β-unsaturated/α-hetero) is 1. The van der Waals surface area contributed by atoms with Crippen LogP contribution in [0.5, 0.6) is 11.5 Å². The van der Waals surface area contributed by atoms with Gasteiger partial charge in [0.15, 0.2) is 6.61 Å². The van der Waals surface area contributed by atoms with Crippen molar-refractivity contribution >= 4 is 17.8 Å². The summed E-state index contributed by atoms with van der Waals surface area (Å²) in [5, 5.41) is 9.91. The van der Waals surface area contributed by atoms with Crippen LogP contribution in [0.2, 0.25) is 0 Å². The maximum atomic E-state index is 11.9. The molecule has 20 heavy (non-hydrogen) atoms. The monoisotopic (exact) mass is 276 g/mol. The topological polar surface area (TPSA) is 72.8 Å². The second-order valence-electron chi connectivity index (χ2n) is 5.15. The number of esters is 1. The van der Waals surface area contributed by atoms with Gasteiger partial charge >= 0.3 is 5.97 Å². The standard InChI is InChI=1S/C15H16O5/c1-9(16)19-8-13(18)11-6-10-4-5-15(2,3)20-14(10)7-12(11)17/h4-7,17H,8H2,1-3H3. The molecule has 0 spiro atoms. The lowest BCUT2D eigenvalue weighted by Crippen LogP contribution is -2.27. The van der Waals surface area contributed by atoms with Crippen LogP contribution in [0.3, 0.4) is 0 Å². The SMILES string of the molecule is CC(=O)OCC(=O)c1cc2c(cc1O)OC(C)(C)C=C2. The molecule has 0 amide bonds. The smallest absolute Gasteiger partial charge is 0.303 e. The fourth-order valence-electron chi connectivity index (χ4n) is 1.88. The number of benzene rings is 1. The minimum Gasteiger partial charge on any atom is -0.507 e. The van der Waals surface area contributed by atoms with Gasteiger partial charge in [-0.3, -0.25) is 9.59 Å². The van der Waals surface area contributed by atoms with E-state index in [0.29, 0.717) is 11.3 Å². The van der Waals surface area contributed by atoms with Crippen molar-refractivity contribution in [2.75, 3.05) is 6.61 Å². The molecule has 106 valence electrons. The molecule has 0 aromatic heterocycles. The van der Waals surface area contributed by atoms with Crippen molar-refractivity contribution in [3.8, 4) is 11.5 Å². The Morgan fingerprint density at radius 1 is 1.35 bits per heavy atom. The Bertz CT molecular complexity index is 599. The van der Waals surface area contributed by atoms with Gasteiger partial charge in [0.2, 0.25) is 5.78 Å². The van der Waals surface area contributed by atoms with Gasteiger partial charge in [-0.05, 0) is 26.0 Å². The molecule has 1 aromatic carbocycles. The summed E-state index contributed by atoms with van der Waals surface area (Å²) in [6.07, 6.45) is 3.70. The molecule has 2 rings (SSSR count). The Labute approximate surface area is 116 Å². The molecule has 5 nitrogen and oxygen atoms in total. The van der Waals surface area contributed by atoms with Crippen LogP contribution in [0.1, 0.15) is 36.7 Å². The normalized spacial score (nSPS) is 15.2. The number of hydrogen-bond acceptors (Lipinski definition) is 5. The molecule has 1 heterocycles. The highest BCUT2D eigenvalue weighted by Gasteiger charge is 2.24. The van der Waals surface area contributed by atoms with E-state index < -0.39 is 24.0 Å². The average molecular weight is 276 g/mol. The number of aromatic hydroxyl groups is 1. The molecule has 0 saturated carbocycles. The van der Waals surface area contributed by atoms with Crippen LogP contribution in [0.25, 0.3) is 6.08 Å². The lowest BCUT2D eigenvalue weighted by molar-refractivity contribution is -0.139. The van der Waals surface area contributed by atoms with Gasteiger partial charge in [0.25, 0.3) is 0 Å². The molecule has 0 aliphatic carbocycles. The van der Waals surface area contributed by atoms with Crippen molar-refractivity contribution in [2.45, 2.75) is 26.4 Å². The minimum absolute atomic E-state index is 0.109. The highest BCUT2D eigenvalue weighted by molar-refractivity contribution is 6.01. The summed E-state index contributed by atoms with van der Waals surface area (Å²) in [4.78, 5) is 22.6. The molecule has 1 N–H and O–H groups in total. The second-order valence-corrected chi connectivity index (χ2v) is 5.15. The zero-order valence-corrected chi connectivity index (χ0v) is 11.6. The molecule has 0 bridgehead atoms. The van der Waals surface area contributed by atoms with Crippen molar-refractivity contribution in [3.63, 3.8) is 0 Å². The lowest BCUT2D eigenvalue weighted by atomic mass is 9.99. The molecule has 0 unspecified atom stereocenters. The number of hydrogen-bond donors (Lipinski definition) is 1. The summed E-state index contributed by atoms with van der Waals surface area (Å²) in [7, 11) is 0. The molecule has 1 aliphatic heterocycles. The summed E-state index contributed by atoms with van der Waals surface area (Å²) in [6.45, 7) is 4.61. The van der Waals surface area contributed by atoms with Gasteiger partial charge in [0.05, 0.1) is 5.56 Å². The summed E-state index contributed by atoms with van der Waals surface area (Å²) >= 11 is 0. The number of carbonyl (C=O) groups excluding carboxylic acids is 2. The molecule has 1 aromatic rings. The molecule has 0 radical (unpaired) electrons. The van der Waals surface area contributed by atoms with Gasteiger partial charge in [-0.1, -0.05) is 6.08 Å². The first-order valence-corrected chi connectivity index (χ1v) is 6.20. The number of phenolic OH excluding ortho intramolecular Hbond substituents is 1. The first-order chi connectivity index (χ1) is 9.28. The van der Waals surface area contributed by atoms with Crippen LogP contribution >= 0.6 is 0 Å². The van der Waals surface area contributed by atoms with Gasteiger partial charge in [-0.25, -0.2) is 0 Å². The van der Waals surface area contributed by atoms with Crippen LogP contribution in [-0.4, -0.2) is 29.1 Å². The van der Waals surface area contributed by atoms with E-state index in [1.165, 1.54) is 19.1 Å². The largest absolute Gasteiger partial charge is 0.507 e. The Morgan fingerprint density at radius 3 is 2.70 bits per heavy atom. The zero-order chi connectivity index (χ0) is 14.9. The number of ketones is 1. The van der Waals surface area contributed by atoms with E-state index in [1.807, 2.05) is 26.0 Å². The third-order valence-electron chi connectivity index (χ3n) is 2.87. The van der Waals surface area contributed by atoms with E-state index in [9.17, 15) is 14.7 Å². The number of ether oxygens (including phenoxy) is 2.